The first-order valence-electron chi connectivity index (χ1n) is 6.54. The van der Waals surface area contributed by atoms with Gasteiger partial charge in [-0.25, -0.2) is 9.97 Å². The number of aromatic nitrogens is 2. The quantitative estimate of drug-likeness (QED) is 0.811. The Kier molecular flexibility index (Phi) is 4.36. The lowest BCUT2D eigenvalue weighted by Gasteiger charge is -2.32. The molecule has 0 amide bonds. The van der Waals surface area contributed by atoms with Crippen LogP contribution in [0.4, 0.5) is 11.6 Å². The van der Waals surface area contributed by atoms with E-state index in [1.54, 1.807) is 7.11 Å². The maximum absolute atomic E-state index is 5.09. The van der Waals surface area contributed by atoms with Gasteiger partial charge in [0.2, 0.25) is 0 Å². The van der Waals surface area contributed by atoms with E-state index in [0.717, 1.165) is 17.6 Å². The molecule has 1 saturated carbocycles. The molecule has 18 heavy (non-hydrogen) atoms. The van der Waals surface area contributed by atoms with Gasteiger partial charge in [-0.1, -0.05) is 6.42 Å². The highest BCUT2D eigenvalue weighted by Crippen LogP contribution is 2.30. The topological polar surface area (TPSA) is 59.1 Å². The van der Waals surface area contributed by atoms with E-state index in [1.165, 1.54) is 19.3 Å². The molecule has 100 valence electrons. The molecule has 0 aromatic carbocycles. The van der Waals surface area contributed by atoms with E-state index in [1.807, 2.05) is 13.1 Å². The fourth-order valence-electron chi connectivity index (χ4n) is 2.18. The van der Waals surface area contributed by atoms with Gasteiger partial charge in [0.25, 0.3) is 0 Å². The van der Waals surface area contributed by atoms with Crippen LogP contribution < -0.4 is 10.6 Å². The number of ether oxygens (including phenoxy) is 1. The molecular weight excluding hydrogens is 228 g/mol. The second-order valence-electron chi connectivity index (χ2n) is 4.86. The Morgan fingerprint density at radius 2 is 2.11 bits per heavy atom. The second kappa shape index (κ2) is 6.00. The van der Waals surface area contributed by atoms with Crippen LogP contribution in [0.2, 0.25) is 0 Å². The highest BCUT2D eigenvalue weighted by molar-refractivity contribution is 5.47. The highest BCUT2D eigenvalue weighted by atomic mass is 16.5. The molecule has 2 rings (SSSR count). The van der Waals surface area contributed by atoms with E-state index in [0.29, 0.717) is 18.5 Å². The van der Waals surface area contributed by atoms with E-state index in [2.05, 4.69) is 27.5 Å². The summed E-state index contributed by atoms with van der Waals surface area (Å²) in [7, 11) is 3.51. The van der Waals surface area contributed by atoms with Crippen LogP contribution in [0.1, 0.15) is 32.0 Å². The first-order valence-corrected chi connectivity index (χ1v) is 6.54. The lowest BCUT2D eigenvalue weighted by molar-refractivity contribution is 0.178. The summed E-state index contributed by atoms with van der Waals surface area (Å²) in [6.07, 6.45) is 4.00. The maximum Gasteiger partial charge on any atom is 0.158 e. The Hall–Kier alpha value is -1.36. The Bertz CT molecular complexity index is 393. The molecule has 0 saturated heterocycles. The molecule has 0 bridgehead atoms. The molecule has 0 radical (unpaired) electrons. The Morgan fingerprint density at radius 3 is 2.67 bits per heavy atom. The molecule has 1 atom stereocenters. The van der Waals surface area contributed by atoms with Crippen molar-refractivity contribution >= 4 is 11.6 Å². The van der Waals surface area contributed by atoms with Crippen LogP contribution in [-0.4, -0.2) is 30.2 Å². The molecule has 1 unspecified atom stereocenters. The van der Waals surface area contributed by atoms with Gasteiger partial charge in [-0.05, 0) is 25.7 Å². The van der Waals surface area contributed by atoms with Crippen LogP contribution in [0, 0.1) is 5.92 Å². The fraction of sp³-hybridized carbons (Fsp3) is 0.692. The van der Waals surface area contributed by atoms with Crippen molar-refractivity contribution in [2.45, 2.75) is 38.8 Å². The van der Waals surface area contributed by atoms with E-state index in [4.69, 9.17) is 4.74 Å². The molecule has 2 N–H and O–H groups in total. The Balaban J connectivity index is 2.07. The van der Waals surface area contributed by atoms with Crippen molar-refractivity contribution in [3.05, 3.63) is 11.9 Å². The van der Waals surface area contributed by atoms with Gasteiger partial charge < -0.3 is 15.4 Å². The minimum absolute atomic E-state index is 0.433. The molecule has 5 nitrogen and oxygen atoms in total. The highest BCUT2D eigenvalue weighted by Gasteiger charge is 2.24. The van der Waals surface area contributed by atoms with Crippen molar-refractivity contribution in [3.63, 3.8) is 0 Å². The van der Waals surface area contributed by atoms with Crippen molar-refractivity contribution in [3.8, 4) is 0 Å². The zero-order valence-electron chi connectivity index (χ0n) is 11.4. The van der Waals surface area contributed by atoms with Crippen LogP contribution in [0.15, 0.2) is 6.07 Å². The minimum atomic E-state index is 0.433. The molecule has 5 heteroatoms. The van der Waals surface area contributed by atoms with Crippen LogP contribution in [0.3, 0.4) is 0 Å². The molecule has 0 spiro atoms. The maximum atomic E-state index is 5.09. The van der Waals surface area contributed by atoms with Crippen LogP contribution in [0.25, 0.3) is 0 Å². The molecule has 0 aliphatic heterocycles. The third-order valence-corrected chi connectivity index (χ3v) is 3.53. The van der Waals surface area contributed by atoms with E-state index < -0.39 is 0 Å². The Labute approximate surface area is 108 Å². The number of rotatable bonds is 6. The SMILES string of the molecule is CNc1cc(NC(C)C2CCC2)nc(COC)n1. The minimum Gasteiger partial charge on any atom is -0.377 e. The van der Waals surface area contributed by atoms with E-state index in [-0.39, 0.29) is 0 Å². The number of nitrogens with one attached hydrogen (secondary N) is 2. The lowest BCUT2D eigenvalue weighted by atomic mass is 9.80. The van der Waals surface area contributed by atoms with Gasteiger partial charge in [0.15, 0.2) is 5.82 Å². The summed E-state index contributed by atoms with van der Waals surface area (Å²) in [5, 5.41) is 6.52. The average Bonchev–Trinajstić information content (AvgIpc) is 2.26. The molecule has 1 aliphatic rings. The molecule has 1 fully saturated rings. The predicted molar refractivity (Wildman–Crippen MR) is 72.7 cm³/mol. The summed E-state index contributed by atoms with van der Waals surface area (Å²) in [6.45, 7) is 2.66. The first kappa shape index (κ1) is 13.1. The summed E-state index contributed by atoms with van der Waals surface area (Å²) in [4.78, 5) is 8.81. The van der Waals surface area contributed by atoms with Crippen molar-refractivity contribution in [1.82, 2.24) is 9.97 Å². The molecule has 1 aromatic heterocycles. The van der Waals surface area contributed by atoms with Crippen LogP contribution in [-0.2, 0) is 11.3 Å². The summed E-state index contributed by atoms with van der Waals surface area (Å²) in [6, 6.07) is 2.41. The van der Waals surface area contributed by atoms with Crippen molar-refractivity contribution < 1.29 is 4.74 Å². The largest absolute Gasteiger partial charge is 0.377 e. The van der Waals surface area contributed by atoms with Gasteiger partial charge >= 0.3 is 0 Å². The standard InChI is InChI=1S/C13H22N4O/c1-9(10-5-4-6-10)15-12-7-11(14-2)16-13(17-12)8-18-3/h7,9-10H,4-6,8H2,1-3H3,(H2,14,15,16,17). The van der Waals surface area contributed by atoms with Gasteiger partial charge in [-0.3, -0.25) is 0 Å². The lowest BCUT2D eigenvalue weighted by Crippen LogP contribution is -2.31. The number of methoxy groups -OCH3 is 1. The second-order valence-corrected chi connectivity index (χ2v) is 4.86. The molecule has 1 aromatic rings. The van der Waals surface area contributed by atoms with Gasteiger partial charge in [-0.15, -0.1) is 0 Å². The number of nitrogens with zero attached hydrogens (tertiary/aromatic N) is 2. The smallest absolute Gasteiger partial charge is 0.158 e. The van der Waals surface area contributed by atoms with Crippen molar-refractivity contribution in [1.29, 1.82) is 0 Å². The summed E-state index contributed by atoms with van der Waals surface area (Å²) < 4.78 is 5.09. The summed E-state index contributed by atoms with van der Waals surface area (Å²) in [5.41, 5.74) is 0. The van der Waals surface area contributed by atoms with Crippen molar-refractivity contribution in [2.75, 3.05) is 24.8 Å². The third-order valence-electron chi connectivity index (χ3n) is 3.53. The van der Waals surface area contributed by atoms with Crippen LogP contribution in [0.5, 0.6) is 0 Å². The summed E-state index contributed by atoms with van der Waals surface area (Å²) >= 11 is 0. The average molecular weight is 250 g/mol. The van der Waals surface area contributed by atoms with Crippen LogP contribution >= 0.6 is 0 Å². The van der Waals surface area contributed by atoms with Gasteiger partial charge in [0.1, 0.15) is 18.2 Å². The molecule has 1 aliphatic carbocycles. The van der Waals surface area contributed by atoms with Crippen molar-refractivity contribution in [2.24, 2.45) is 5.92 Å². The predicted octanol–water partition coefficient (Wildman–Crippen LogP) is 2.27. The molecule has 1 heterocycles. The van der Waals surface area contributed by atoms with E-state index in [9.17, 15) is 0 Å². The normalized spacial score (nSPS) is 17.1. The monoisotopic (exact) mass is 250 g/mol. The zero-order valence-corrected chi connectivity index (χ0v) is 11.4. The van der Waals surface area contributed by atoms with Gasteiger partial charge in [-0.2, -0.15) is 0 Å². The molecular formula is C13H22N4O. The summed E-state index contributed by atoms with van der Waals surface area (Å²) in [5.74, 6) is 3.18. The zero-order chi connectivity index (χ0) is 13.0. The first-order chi connectivity index (χ1) is 8.72. The third kappa shape index (κ3) is 3.10. The number of hydrogen-bond acceptors (Lipinski definition) is 5. The van der Waals surface area contributed by atoms with E-state index >= 15 is 0 Å². The number of hydrogen-bond donors (Lipinski definition) is 2. The fourth-order valence-corrected chi connectivity index (χ4v) is 2.18. The van der Waals surface area contributed by atoms with Gasteiger partial charge in [0, 0.05) is 26.3 Å². The Morgan fingerprint density at radius 1 is 1.39 bits per heavy atom. The number of anilines is 2. The van der Waals surface area contributed by atoms with Gasteiger partial charge in [0.05, 0.1) is 0 Å².